The lowest BCUT2D eigenvalue weighted by Gasteiger charge is -2.45. The van der Waals surface area contributed by atoms with E-state index in [4.69, 9.17) is 9.47 Å². The van der Waals surface area contributed by atoms with E-state index in [-0.39, 0.29) is 42.2 Å². The van der Waals surface area contributed by atoms with Crippen LogP contribution in [0.4, 0.5) is 5.69 Å². The number of nitrogens with zero attached hydrogens (tertiary/aromatic N) is 3. The van der Waals surface area contributed by atoms with Crippen LogP contribution in [0.3, 0.4) is 0 Å². The van der Waals surface area contributed by atoms with Crippen molar-refractivity contribution in [3.8, 4) is 5.75 Å². The number of hydrogen-bond acceptors (Lipinski definition) is 6. The van der Waals surface area contributed by atoms with Gasteiger partial charge in [-0.1, -0.05) is 39.8 Å². The number of ether oxygens (including phenoxy) is 2. The summed E-state index contributed by atoms with van der Waals surface area (Å²) in [6.45, 7) is 26.0. The Morgan fingerprint density at radius 1 is 1.06 bits per heavy atom. The summed E-state index contributed by atoms with van der Waals surface area (Å²) in [6.07, 6.45) is 6.62. The number of fused-ring (bicyclic) bond motifs is 1. The zero-order valence-electron chi connectivity index (χ0n) is 30.6. The van der Waals surface area contributed by atoms with Gasteiger partial charge in [-0.15, -0.1) is 13.2 Å². The van der Waals surface area contributed by atoms with Crippen molar-refractivity contribution in [3.63, 3.8) is 0 Å². The molecule has 1 aromatic carbocycles. The molecule has 1 aromatic rings. The van der Waals surface area contributed by atoms with Crippen molar-refractivity contribution in [3.05, 3.63) is 49.6 Å². The molecule has 6 atom stereocenters. The Morgan fingerprint density at radius 3 is 2.27 bits per heavy atom. The molecule has 3 fully saturated rings. The van der Waals surface area contributed by atoms with Crippen molar-refractivity contribution < 1.29 is 29.0 Å². The third kappa shape index (κ3) is 6.82. The van der Waals surface area contributed by atoms with E-state index < -0.39 is 34.6 Å². The Bertz CT molecular complexity index is 1350. The average molecular weight is 666 g/mol. The van der Waals surface area contributed by atoms with Crippen LogP contribution in [-0.4, -0.2) is 88.3 Å². The first-order valence-corrected chi connectivity index (χ1v) is 17.7. The van der Waals surface area contributed by atoms with Gasteiger partial charge >= 0.3 is 0 Å². The van der Waals surface area contributed by atoms with Crippen LogP contribution in [0.15, 0.2) is 49.6 Å². The Hall–Kier alpha value is -3.17. The van der Waals surface area contributed by atoms with E-state index in [1.807, 2.05) is 43.0 Å². The molecular formula is C39H59N3O6. The molecule has 0 aliphatic carbocycles. The van der Waals surface area contributed by atoms with Gasteiger partial charge in [0.1, 0.15) is 17.4 Å². The first kappa shape index (κ1) is 37.6. The van der Waals surface area contributed by atoms with Gasteiger partial charge in [-0.25, -0.2) is 0 Å². The smallest absolute Gasteiger partial charge is 0.249 e. The highest BCUT2D eigenvalue weighted by Gasteiger charge is 2.80. The van der Waals surface area contributed by atoms with Crippen LogP contribution in [-0.2, 0) is 19.1 Å². The van der Waals surface area contributed by atoms with E-state index in [0.717, 1.165) is 6.42 Å². The quantitative estimate of drug-likeness (QED) is 0.172. The van der Waals surface area contributed by atoms with Gasteiger partial charge in [0, 0.05) is 37.5 Å². The summed E-state index contributed by atoms with van der Waals surface area (Å²) in [5.41, 5.74) is -2.03. The van der Waals surface area contributed by atoms with E-state index in [9.17, 15) is 14.7 Å². The average Bonchev–Trinajstić information content (AvgIpc) is 3.52. The van der Waals surface area contributed by atoms with Gasteiger partial charge in [-0.3, -0.25) is 14.4 Å². The number of carbonyl (C=O) groups excluding carboxylic acids is 3. The third-order valence-electron chi connectivity index (χ3n) is 10.7. The van der Waals surface area contributed by atoms with Crippen molar-refractivity contribution in [1.82, 2.24) is 9.80 Å². The lowest BCUT2D eigenvalue weighted by atomic mass is 9.62. The topological polar surface area (TPSA) is 99.6 Å². The summed E-state index contributed by atoms with van der Waals surface area (Å²) in [7, 11) is 0. The number of carbonyl (C=O) groups is 3. The molecule has 3 amide bonds. The lowest BCUT2D eigenvalue weighted by Crippen LogP contribution is -2.61. The highest BCUT2D eigenvalue weighted by molar-refractivity contribution is 6.03. The number of amides is 3. The third-order valence-corrected chi connectivity index (χ3v) is 10.7. The van der Waals surface area contributed by atoms with Crippen LogP contribution in [0.25, 0.3) is 0 Å². The van der Waals surface area contributed by atoms with E-state index in [0.29, 0.717) is 56.8 Å². The van der Waals surface area contributed by atoms with Gasteiger partial charge in [0.05, 0.1) is 24.0 Å². The van der Waals surface area contributed by atoms with Crippen molar-refractivity contribution in [1.29, 1.82) is 0 Å². The highest BCUT2D eigenvalue weighted by Crippen LogP contribution is 2.65. The molecule has 3 unspecified atom stereocenters. The minimum Gasteiger partial charge on any atom is -0.494 e. The van der Waals surface area contributed by atoms with Crippen molar-refractivity contribution in [2.45, 2.75) is 110 Å². The van der Waals surface area contributed by atoms with Gasteiger partial charge in [-0.05, 0) is 95.4 Å². The number of anilines is 1. The maximum Gasteiger partial charge on any atom is 0.249 e. The molecule has 1 spiro atoms. The monoisotopic (exact) mass is 665 g/mol. The van der Waals surface area contributed by atoms with Crippen LogP contribution in [0, 0.1) is 23.2 Å². The second-order valence-corrected chi connectivity index (χ2v) is 16.0. The zero-order chi connectivity index (χ0) is 35.7. The summed E-state index contributed by atoms with van der Waals surface area (Å²) in [4.78, 5) is 50.0. The number of rotatable bonds is 16. The minimum absolute atomic E-state index is 0.0587. The Morgan fingerprint density at radius 2 is 1.71 bits per heavy atom. The molecule has 3 heterocycles. The molecule has 266 valence electrons. The molecule has 3 aliphatic heterocycles. The molecule has 3 saturated heterocycles. The van der Waals surface area contributed by atoms with E-state index >= 15 is 4.79 Å². The van der Waals surface area contributed by atoms with Crippen molar-refractivity contribution in [2.24, 2.45) is 23.2 Å². The molecule has 4 rings (SSSR count). The molecule has 48 heavy (non-hydrogen) atoms. The second kappa shape index (κ2) is 14.4. The highest BCUT2D eigenvalue weighted by atomic mass is 16.5. The Balaban J connectivity index is 1.82. The number of likely N-dealkylation sites (tertiary alicyclic amines) is 1. The Labute approximate surface area is 288 Å². The van der Waals surface area contributed by atoms with E-state index in [1.54, 1.807) is 22.0 Å². The number of aliphatic hydroxyl groups is 1. The number of unbranched alkanes of at least 4 members (excludes halogenated alkanes) is 2. The van der Waals surface area contributed by atoms with Crippen molar-refractivity contribution in [2.75, 3.05) is 37.7 Å². The summed E-state index contributed by atoms with van der Waals surface area (Å²) < 4.78 is 12.7. The molecule has 0 aromatic heterocycles. The maximum absolute atomic E-state index is 15.1. The standard InChI is InChI=1S/C39H59N3O6/c1-11-21-40(28-17-19-29(20-18-28)47-13-3)33(44)30-31-34(45)41(23-15-14-16-24-43)32(39(31)25-27(4)38(30,10)48-39)35(46)42(22-12-2)37(8,9)26-36(5,6)7/h11-12,17-20,27,30-32,43H,1-2,13-16,21-26H2,3-10H3/t27?,30-,31-,32?,38+,39?/m0/s1. The van der Waals surface area contributed by atoms with Crippen LogP contribution in [0.1, 0.15) is 87.5 Å². The van der Waals surface area contributed by atoms with Crippen LogP contribution < -0.4 is 9.64 Å². The number of hydrogen-bond donors (Lipinski definition) is 1. The minimum atomic E-state index is -1.16. The lowest BCUT2D eigenvalue weighted by molar-refractivity contribution is -0.156. The first-order chi connectivity index (χ1) is 22.5. The number of benzene rings is 1. The van der Waals surface area contributed by atoms with Gasteiger partial charge in [-0.2, -0.15) is 0 Å². The summed E-state index contributed by atoms with van der Waals surface area (Å²) in [5.74, 6) is -1.57. The molecule has 1 N–H and O–H groups in total. The SMILES string of the molecule is C=CCN(C(=O)[C@@H]1[C@H]2C(=O)N(CCCCCO)C(C(=O)N(CC=C)C(C)(C)CC(C)(C)C)C23CC(C)[C@@]1(C)O3)c1ccc(OCC)cc1. The molecule has 9 heteroatoms. The Kier molecular flexibility index (Phi) is 11.3. The maximum atomic E-state index is 15.1. The fraction of sp³-hybridized carbons (Fsp3) is 0.667. The normalized spacial score (nSPS) is 27.9. The number of aliphatic hydroxyl groups excluding tert-OH is 1. The summed E-state index contributed by atoms with van der Waals surface area (Å²) >= 11 is 0. The van der Waals surface area contributed by atoms with Gasteiger partial charge in [0.15, 0.2) is 0 Å². The van der Waals surface area contributed by atoms with Crippen LogP contribution in [0.2, 0.25) is 0 Å². The fourth-order valence-corrected chi connectivity index (χ4v) is 9.02. The fourth-order valence-electron chi connectivity index (χ4n) is 9.02. The molecule has 3 aliphatic rings. The predicted molar refractivity (Wildman–Crippen MR) is 190 cm³/mol. The van der Waals surface area contributed by atoms with E-state index in [2.05, 4.69) is 54.7 Å². The molecule has 0 radical (unpaired) electrons. The summed E-state index contributed by atoms with van der Waals surface area (Å²) in [5, 5.41) is 9.44. The van der Waals surface area contributed by atoms with Gasteiger partial charge in [0.25, 0.3) is 0 Å². The molecule has 9 nitrogen and oxygen atoms in total. The first-order valence-electron chi connectivity index (χ1n) is 17.7. The van der Waals surface area contributed by atoms with Crippen LogP contribution in [0.5, 0.6) is 5.75 Å². The summed E-state index contributed by atoms with van der Waals surface area (Å²) in [6, 6.07) is 6.49. The van der Waals surface area contributed by atoms with E-state index in [1.165, 1.54) is 0 Å². The zero-order valence-corrected chi connectivity index (χ0v) is 30.6. The second-order valence-electron chi connectivity index (χ2n) is 16.0. The molecular weight excluding hydrogens is 606 g/mol. The molecule has 2 bridgehead atoms. The van der Waals surface area contributed by atoms with Gasteiger partial charge < -0.3 is 29.3 Å². The largest absolute Gasteiger partial charge is 0.494 e. The van der Waals surface area contributed by atoms with Gasteiger partial charge in [0.2, 0.25) is 17.7 Å². The predicted octanol–water partition coefficient (Wildman–Crippen LogP) is 6.01. The molecule has 0 saturated carbocycles. The van der Waals surface area contributed by atoms with Crippen molar-refractivity contribution >= 4 is 23.4 Å². The van der Waals surface area contributed by atoms with Crippen LogP contribution >= 0.6 is 0 Å².